The Hall–Kier alpha value is -2.28. The Morgan fingerprint density at radius 1 is 1.26 bits per heavy atom. The molecule has 7 heteroatoms. The van der Waals surface area contributed by atoms with E-state index in [4.69, 9.17) is 4.74 Å². The Morgan fingerprint density at radius 3 is 2.59 bits per heavy atom. The molecule has 1 saturated heterocycles. The van der Waals surface area contributed by atoms with Gasteiger partial charge < -0.3 is 25.2 Å². The molecule has 0 spiro atoms. The number of nitrogens with zero attached hydrogens (tertiary/aromatic N) is 2. The van der Waals surface area contributed by atoms with E-state index in [1.165, 1.54) is 4.90 Å². The van der Waals surface area contributed by atoms with Crippen LogP contribution in [0.4, 0.5) is 16.2 Å². The smallest absolute Gasteiger partial charge is 0.321 e. The van der Waals surface area contributed by atoms with E-state index in [0.717, 1.165) is 38.0 Å². The minimum Gasteiger partial charge on any atom is -0.385 e. The lowest BCUT2D eigenvalue weighted by Crippen LogP contribution is -2.35. The summed E-state index contributed by atoms with van der Waals surface area (Å²) in [5.74, 6) is 0.590. The summed E-state index contributed by atoms with van der Waals surface area (Å²) in [5, 5.41) is 5.78. The lowest BCUT2D eigenvalue weighted by Gasteiger charge is -2.33. The van der Waals surface area contributed by atoms with Crippen LogP contribution in [0.15, 0.2) is 18.2 Å². The topological polar surface area (TPSA) is 73.9 Å². The number of methoxy groups -OCH3 is 1. The quantitative estimate of drug-likeness (QED) is 0.718. The van der Waals surface area contributed by atoms with Crippen LogP contribution in [0.2, 0.25) is 0 Å². The molecular weight excluding hydrogens is 344 g/mol. The van der Waals surface area contributed by atoms with Gasteiger partial charge in [0.25, 0.3) is 5.91 Å². The Bertz CT molecular complexity index is 640. The average Bonchev–Trinajstić information content (AvgIpc) is 2.65. The SMILES string of the molecule is COCCCNC(=O)c1cc(NC(=O)N(C)C)ccc1N1CCC(C)CC1. The molecule has 1 aliphatic rings. The van der Waals surface area contributed by atoms with Gasteiger partial charge in [-0.3, -0.25) is 4.79 Å². The molecule has 27 heavy (non-hydrogen) atoms. The Kier molecular flexibility index (Phi) is 7.91. The Morgan fingerprint density at radius 2 is 1.96 bits per heavy atom. The number of carbonyl (C=O) groups excluding carboxylic acids is 2. The molecule has 150 valence electrons. The predicted octanol–water partition coefficient (Wildman–Crippen LogP) is 2.78. The maximum atomic E-state index is 12.8. The molecule has 0 bridgehead atoms. The van der Waals surface area contributed by atoms with Crippen molar-refractivity contribution in [2.24, 2.45) is 5.92 Å². The van der Waals surface area contributed by atoms with Crippen molar-refractivity contribution in [1.82, 2.24) is 10.2 Å². The summed E-state index contributed by atoms with van der Waals surface area (Å²) in [7, 11) is 5.01. The highest BCUT2D eigenvalue weighted by molar-refractivity contribution is 6.02. The van der Waals surface area contributed by atoms with Gasteiger partial charge in [0, 0.05) is 58.8 Å². The first-order valence-electron chi connectivity index (χ1n) is 9.56. The summed E-state index contributed by atoms with van der Waals surface area (Å²) in [6.07, 6.45) is 3.00. The zero-order valence-electron chi connectivity index (χ0n) is 16.9. The van der Waals surface area contributed by atoms with Crippen LogP contribution >= 0.6 is 0 Å². The Balaban J connectivity index is 2.20. The number of urea groups is 1. The summed E-state index contributed by atoms with van der Waals surface area (Å²) in [6, 6.07) is 5.34. The highest BCUT2D eigenvalue weighted by atomic mass is 16.5. The molecule has 1 aromatic carbocycles. The zero-order valence-corrected chi connectivity index (χ0v) is 16.9. The number of carbonyl (C=O) groups is 2. The van der Waals surface area contributed by atoms with Gasteiger partial charge in [0.2, 0.25) is 0 Å². The van der Waals surface area contributed by atoms with E-state index in [2.05, 4.69) is 22.5 Å². The van der Waals surface area contributed by atoms with Gasteiger partial charge in [-0.15, -0.1) is 0 Å². The van der Waals surface area contributed by atoms with Gasteiger partial charge in [0.15, 0.2) is 0 Å². The van der Waals surface area contributed by atoms with Gasteiger partial charge in [0.1, 0.15) is 0 Å². The number of nitrogens with one attached hydrogen (secondary N) is 2. The van der Waals surface area contributed by atoms with Gasteiger partial charge in [-0.25, -0.2) is 4.79 Å². The van der Waals surface area contributed by atoms with Crippen LogP contribution in [0.3, 0.4) is 0 Å². The van der Waals surface area contributed by atoms with E-state index in [0.29, 0.717) is 30.3 Å². The minimum atomic E-state index is -0.221. The number of anilines is 2. The third-order valence-electron chi connectivity index (χ3n) is 4.83. The largest absolute Gasteiger partial charge is 0.385 e. The van der Waals surface area contributed by atoms with Gasteiger partial charge in [-0.2, -0.15) is 0 Å². The first kappa shape index (κ1) is 21.0. The van der Waals surface area contributed by atoms with E-state index in [9.17, 15) is 9.59 Å². The first-order valence-corrected chi connectivity index (χ1v) is 9.56. The summed E-state index contributed by atoms with van der Waals surface area (Å²) in [5.41, 5.74) is 2.14. The molecule has 1 aromatic rings. The molecular formula is C20H32N4O3. The highest BCUT2D eigenvalue weighted by Gasteiger charge is 2.22. The fourth-order valence-electron chi connectivity index (χ4n) is 3.07. The molecule has 0 aliphatic carbocycles. The van der Waals surface area contributed by atoms with E-state index in [-0.39, 0.29) is 11.9 Å². The maximum absolute atomic E-state index is 12.8. The number of benzene rings is 1. The van der Waals surface area contributed by atoms with Crippen LogP contribution in [0.25, 0.3) is 0 Å². The van der Waals surface area contributed by atoms with E-state index in [1.807, 2.05) is 12.1 Å². The monoisotopic (exact) mass is 376 g/mol. The van der Waals surface area contributed by atoms with Gasteiger partial charge in [0.05, 0.1) is 5.56 Å². The third-order valence-corrected chi connectivity index (χ3v) is 4.83. The fourth-order valence-corrected chi connectivity index (χ4v) is 3.07. The number of amides is 3. The molecule has 2 N–H and O–H groups in total. The van der Waals surface area contributed by atoms with Crippen molar-refractivity contribution >= 4 is 23.3 Å². The van der Waals surface area contributed by atoms with Gasteiger partial charge in [-0.05, 0) is 43.4 Å². The molecule has 0 saturated carbocycles. The molecule has 7 nitrogen and oxygen atoms in total. The fraction of sp³-hybridized carbons (Fsp3) is 0.600. The predicted molar refractivity (Wildman–Crippen MR) is 109 cm³/mol. The standard InChI is InChI=1S/C20H32N4O3/c1-15-8-11-24(12-9-15)18-7-6-16(22-20(26)23(2)3)14-17(18)19(25)21-10-5-13-27-4/h6-7,14-15H,5,8-13H2,1-4H3,(H,21,25)(H,22,26). The molecule has 0 atom stereocenters. The number of rotatable bonds is 7. The third kappa shape index (κ3) is 6.13. The first-order chi connectivity index (χ1) is 12.9. The maximum Gasteiger partial charge on any atom is 0.321 e. The lowest BCUT2D eigenvalue weighted by atomic mass is 9.98. The molecule has 1 fully saturated rings. The second-order valence-corrected chi connectivity index (χ2v) is 7.33. The average molecular weight is 377 g/mol. The van der Waals surface area contributed by atoms with E-state index in [1.54, 1.807) is 27.3 Å². The van der Waals surface area contributed by atoms with Crippen LogP contribution in [0.5, 0.6) is 0 Å². The summed E-state index contributed by atoms with van der Waals surface area (Å²) >= 11 is 0. The zero-order chi connectivity index (χ0) is 19.8. The van der Waals surface area contributed by atoms with Gasteiger partial charge >= 0.3 is 6.03 Å². The minimum absolute atomic E-state index is 0.124. The molecule has 2 rings (SSSR count). The van der Waals surface area contributed by atoms with Crippen LogP contribution < -0.4 is 15.5 Å². The summed E-state index contributed by atoms with van der Waals surface area (Å²) < 4.78 is 5.03. The molecule has 1 aliphatic heterocycles. The van der Waals surface area contributed by atoms with Crippen molar-refractivity contribution in [2.75, 3.05) is 57.7 Å². The normalized spacial score (nSPS) is 14.7. The number of hydrogen-bond donors (Lipinski definition) is 2. The van der Waals surface area contributed by atoms with Crippen LogP contribution in [0, 0.1) is 5.92 Å². The number of piperidine rings is 1. The van der Waals surface area contributed by atoms with Crippen molar-refractivity contribution in [1.29, 1.82) is 0 Å². The second kappa shape index (κ2) is 10.2. The van der Waals surface area contributed by atoms with Crippen molar-refractivity contribution in [3.63, 3.8) is 0 Å². The number of ether oxygens (including phenoxy) is 1. The van der Waals surface area contributed by atoms with Gasteiger partial charge in [-0.1, -0.05) is 6.92 Å². The van der Waals surface area contributed by atoms with E-state index < -0.39 is 0 Å². The van der Waals surface area contributed by atoms with E-state index >= 15 is 0 Å². The second-order valence-electron chi connectivity index (χ2n) is 7.33. The molecule has 0 radical (unpaired) electrons. The van der Waals surface area contributed by atoms with Crippen molar-refractivity contribution in [2.45, 2.75) is 26.2 Å². The van der Waals surface area contributed by atoms with Crippen molar-refractivity contribution in [3.05, 3.63) is 23.8 Å². The Labute approximate surface area is 162 Å². The van der Waals surface area contributed by atoms with Crippen molar-refractivity contribution < 1.29 is 14.3 Å². The molecule has 0 unspecified atom stereocenters. The summed E-state index contributed by atoms with van der Waals surface area (Å²) in [4.78, 5) is 28.5. The molecule has 0 aromatic heterocycles. The molecule has 3 amide bonds. The van der Waals surface area contributed by atoms with Crippen molar-refractivity contribution in [3.8, 4) is 0 Å². The lowest BCUT2D eigenvalue weighted by molar-refractivity contribution is 0.0949. The summed E-state index contributed by atoms with van der Waals surface area (Å²) in [6.45, 7) is 5.30. The van der Waals surface area contributed by atoms with Crippen LogP contribution in [0.1, 0.15) is 36.5 Å². The van der Waals surface area contributed by atoms with Crippen LogP contribution in [-0.2, 0) is 4.74 Å². The number of hydrogen-bond acceptors (Lipinski definition) is 4. The molecule has 1 heterocycles. The van der Waals surface area contributed by atoms with Crippen LogP contribution in [-0.4, -0.2) is 64.3 Å². The highest BCUT2D eigenvalue weighted by Crippen LogP contribution is 2.28.